The van der Waals surface area contributed by atoms with Crippen molar-refractivity contribution in [3.8, 4) is 29.0 Å². The van der Waals surface area contributed by atoms with E-state index in [1.807, 2.05) is 11.4 Å². The number of nitriles is 2. The summed E-state index contributed by atoms with van der Waals surface area (Å²) in [4.78, 5) is 8.96. The molecule has 0 atom stereocenters. The third-order valence-corrected chi connectivity index (χ3v) is 6.81. The molecule has 0 radical (unpaired) electrons. The molecule has 0 fully saturated rings. The van der Waals surface area contributed by atoms with Gasteiger partial charge in [0, 0.05) is 22.4 Å². The fourth-order valence-corrected chi connectivity index (χ4v) is 5.07. The molecule has 4 aromatic rings. The number of hydrogen-bond acceptors (Lipinski definition) is 11. The first-order valence-electron chi connectivity index (χ1n) is 10.7. The van der Waals surface area contributed by atoms with E-state index in [-0.39, 0.29) is 24.7 Å². The van der Waals surface area contributed by atoms with Gasteiger partial charge in [0.1, 0.15) is 29.3 Å². The van der Waals surface area contributed by atoms with Gasteiger partial charge in [0.25, 0.3) is 0 Å². The van der Waals surface area contributed by atoms with Crippen LogP contribution in [0, 0.1) is 22.7 Å². The number of aliphatic hydroxyl groups is 1. The van der Waals surface area contributed by atoms with E-state index >= 15 is 0 Å². The number of nitrogen functional groups attached to an aromatic ring is 2. The lowest BCUT2D eigenvalue weighted by Crippen LogP contribution is -2.05. The topological polar surface area (TPSA) is 167 Å². The first kappa shape index (κ1) is 24.8. The number of aromatic nitrogens is 2. The molecule has 180 valence electrons. The van der Waals surface area contributed by atoms with E-state index in [0.717, 1.165) is 11.4 Å². The molecule has 2 aromatic heterocycles. The summed E-state index contributed by atoms with van der Waals surface area (Å²) in [6.45, 7) is 0.105. The van der Waals surface area contributed by atoms with Gasteiger partial charge in [-0.05, 0) is 35.9 Å². The number of ether oxygens (including phenoxy) is 1. The second-order valence-electron chi connectivity index (χ2n) is 7.42. The maximum atomic E-state index is 9.96. The van der Waals surface area contributed by atoms with E-state index in [1.54, 1.807) is 42.5 Å². The monoisotopic (exact) mass is 515 g/mol. The first-order chi connectivity index (χ1) is 17.5. The number of nitrogens with zero attached hydrogens (tertiary/aromatic N) is 4. The molecule has 4 rings (SSSR count). The van der Waals surface area contributed by atoms with Crippen molar-refractivity contribution in [1.82, 2.24) is 9.97 Å². The largest absolute Gasteiger partial charge is 0.491 e. The lowest BCUT2D eigenvalue weighted by molar-refractivity contribution is 0.201. The standard InChI is InChI=1S/C25H21N7O2S2/c26-11-15-2-1-3-17(10-15)30-25-31-18(14-36-25)13-35-24-20(12-27)21(22(28)23(29)32-24)16-4-6-19(7-5-16)34-9-8-33/h1-7,10,14,33H,8-9,13,28H2,(H2,29,32)(H,30,31). The molecule has 0 saturated carbocycles. The summed E-state index contributed by atoms with van der Waals surface area (Å²) in [6.07, 6.45) is 0. The van der Waals surface area contributed by atoms with Crippen LogP contribution in [-0.2, 0) is 5.75 Å². The van der Waals surface area contributed by atoms with E-state index in [2.05, 4.69) is 27.4 Å². The fourth-order valence-electron chi connectivity index (χ4n) is 3.35. The SMILES string of the molecule is N#Cc1cccc(Nc2nc(CSc3nc(N)c(N)c(-c4ccc(OCCO)cc4)c3C#N)cs2)c1. The third-order valence-electron chi connectivity index (χ3n) is 5.00. The Labute approximate surface area is 216 Å². The van der Waals surface area contributed by atoms with E-state index in [0.29, 0.717) is 43.9 Å². The Morgan fingerprint density at radius 1 is 1.08 bits per heavy atom. The Morgan fingerprint density at radius 3 is 2.61 bits per heavy atom. The van der Waals surface area contributed by atoms with Gasteiger partial charge in [-0.3, -0.25) is 0 Å². The molecule has 0 amide bonds. The highest BCUT2D eigenvalue weighted by Crippen LogP contribution is 2.39. The van der Waals surface area contributed by atoms with Gasteiger partial charge in [0.05, 0.1) is 35.2 Å². The summed E-state index contributed by atoms with van der Waals surface area (Å²) < 4.78 is 5.41. The van der Waals surface area contributed by atoms with Crippen LogP contribution in [0.3, 0.4) is 0 Å². The maximum absolute atomic E-state index is 9.96. The zero-order chi connectivity index (χ0) is 25.5. The normalized spacial score (nSPS) is 10.4. The zero-order valence-corrected chi connectivity index (χ0v) is 20.6. The lowest BCUT2D eigenvalue weighted by Gasteiger charge is -2.14. The molecule has 0 bridgehead atoms. The van der Waals surface area contributed by atoms with E-state index in [4.69, 9.17) is 26.6 Å². The van der Waals surface area contributed by atoms with Crippen molar-refractivity contribution in [2.45, 2.75) is 10.8 Å². The van der Waals surface area contributed by atoms with Crippen LogP contribution in [0.15, 0.2) is 58.9 Å². The number of nitrogens with two attached hydrogens (primary N) is 2. The molecule has 0 saturated heterocycles. The minimum absolute atomic E-state index is 0.0837. The summed E-state index contributed by atoms with van der Waals surface area (Å²) >= 11 is 2.79. The smallest absolute Gasteiger partial charge is 0.187 e. The summed E-state index contributed by atoms with van der Waals surface area (Å²) in [5, 5.41) is 34.2. The summed E-state index contributed by atoms with van der Waals surface area (Å²) in [7, 11) is 0. The van der Waals surface area contributed by atoms with Gasteiger partial charge in [-0.2, -0.15) is 10.5 Å². The van der Waals surface area contributed by atoms with Crippen molar-refractivity contribution in [2.75, 3.05) is 30.0 Å². The molecule has 11 heteroatoms. The number of thioether (sulfide) groups is 1. The Balaban J connectivity index is 1.54. The van der Waals surface area contributed by atoms with Crippen molar-refractivity contribution in [3.05, 3.63) is 70.7 Å². The molecule has 0 aliphatic heterocycles. The first-order valence-corrected chi connectivity index (χ1v) is 12.6. The second-order valence-corrected chi connectivity index (χ2v) is 9.25. The molecule has 9 nitrogen and oxygen atoms in total. The Hall–Kier alpha value is -4.29. The van der Waals surface area contributed by atoms with Crippen LogP contribution in [0.4, 0.5) is 22.3 Å². The summed E-state index contributed by atoms with van der Waals surface area (Å²) in [6, 6.07) is 18.6. The molecule has 0 aliphatic carbocycles. The predicted molar refractivity (Wildman–Crippen MR) is 142 cm³/mol. The van der Waals surface area contributed by atoms with Crippen LogP contribution in [0.2, 0.25) is 0 Å². The summed E-state index contributed by atoms with van der Waals surface area (Å²) in [5.74, 6) is 1.20. The van der Waals surface area contributed by atoms with Crippen LogP contribution in [0.25, 0.3) is 11.1 Å². The number of thiazole rings is 1. The van der Waals surface area contributed by atoms with Crippen LogP contribution < -0.4 is 21.5 Å². The van der Waals surface area contributed by atoms with Gasteiger partial charge in [0.15, 0.2) is 5.13 Å². The van der Waals surface area contributed by atoms with Crippen molar-refractivity contribution in [3.63, 3.8) is 0 Å². The minimum atomic E-state index is -0.0837. The van der Waals surface area contributed by atoms with E-state index in [9.17, 15) is 5.26 Å². The van der Waals surface area contributed by atoms with Gasteiger partial charge >= 0.3 is 0 Å². The number of hydrogen-bond donors (Lipinski definition) is 4. The highest BCUT2D eigenvalue weighted by Gasteiger charge is 2.19. The molecule has 36 heavy (non-hydrogen) atoms. The minimum Gasteiger partial charge on any atom is -0.491 e. The molecule has 6 N–H and O–H groups in total. The molecular formula is C25H21N7O2S2. The molecular weight excluding hydrogens is 494 g/mol. The van der Waals surface area contributed by atoms with Gasteiger partial charge in [0.2, 0.25) is 0 Å². The number of anilines is 4. The van der Waals surface area contributed by atoms with Crippen molar-refractivity contribution in [1.29, 1.82) is 10.5 Å². The van der Waals surface area contributed by atoms with Crippen LogP contribution in [0.5, 0.6) is 5.75 Å². The number of rotatable bonds is 9. The number of nitrogens with one attached hydrogen (secondary N) is 1. The highest BCUT2D eigenvalue weighted by atomic mass is 32.2. The Morgan fingerprint density at radius 2 is 1.89 bits per heavy atom. The maximum Gasteiger partial charge on any atom is 0.187 e. The van der Waals surface area contributed by atoms with Gasteiger partial charge in [-0.1, -0.05) is 30.0 Å². The average Bonchev–Trinajstić information content (AvgIpc) is 3.35. The Kier molecular flexibility index (Phi) is 7.88. The van der Waals surface area contributed by atoms with E-state index < -0.39 is 0 Å². The highest BCUT2D eigenvalue weighted by molar-refractivity contribution is 7.98. The fraction of sp³-hybridized carbons (Fsp3) is 0.120. The van der Waals surface area contributed by atoms with Crippen LogP contribution in [0.1, 0.15) is 16.8 Å². The number of pyridine rings is 1. The average molecular weight is 516 g/mol. The van der Waals surface area contributed by atoms with E-state index in [1.165, 1.54) is 23.1 Å². The zero-order valence-electron chi connectivity index (χ0n) is 18.9. The number of aliphatic hydroxyl groups excluding tert-OH is 1. The summed E-state index contributed by atoms with van der Waals surface area (Å²) in [5.41, 5.74) is 16.3. The predicted octanol–water partition coefficient (Wildman–Crippen LogP) is 4.52. The van der Waals surface area contributed by atoms with Crippen molar-refractivity contribution >= 4 is 45.4 Å². The number of benzene rings is 2. The van der Waals surface area contributed by atoms with Gasteiger partial charge in [-0.25, -0.2) is 9.97 Å². The van der Waals surface area contributed by atoms with Crippen LogP contribution >= 0.6 is 23.1 Å². The molecule has 0 spiro atoms. The van der Waals surface area contributed by atoms with Crippen molar-refractivity contribution in [2.24, 2.45) is 0 Å². The lowest BCUT2D eigenvalue weighted by atomic mass is 10.00. The molecule has 0 unspecified atom stereocenters. The van der Waals surface area contributed by atoms with Crippen LogP contribution in [-0.4, -0.2) is 28.3 Å². The third kappa shape index (κ3) is 5.67. The molecule has 2 aromatic carbocycles. The molecule has 0 aliphatic rings. The van der Waals surface area contributed by atoms with Gasteiger partial charge in [-0.15, -0.1) is 11.3 Å². The van der Waals surface area contributed by atoms with Crippen molar-refractivity contribution < 1.29 is 9.84 Å². The Bertz CT molecular complexity index is 1460. The molecule has 2 heterocycles. The quantitative estimate of drug-likeness (QED) is 0.233. The van der Waals surface area contributed by atoms with Gasteiger partial charge < -0.3 is 26.6 Å². The second kappa shape index (κ2) is 11.4.